The van der Waals surface area contributed by atoms with Crippen molar-refractivity contribution in [1.29, 1.82) is 0 Å². The van der Waals surface area contributed by atoms with Gasteiger partial charge in [-0.2, -0.15) is 0 Å². The Kier molecular flexibility index (Phi) is 4.47. The van der Waals surface area contributed by atoms with Gasteiger partial charge in [-0.15, -0.1) is 0 Å². The van der Waals surface area contributed by atoms with Crippen LogP contribution in [0.5, 0.6) is 0 Å². The Balaban J connectivity index is 2.48. The highest BCUT2D eigenvalue weighted by molar-refractivity contribution is 5.82. The number of hydrogen-bond donors (Lipinski definition) is 0. The predicted molar refractivity (Wildman–Crippen MR) is 95.3 cm³/mol. The lowest BCUT2D eigenvalue weighted by atomic mass is 9.96. The first kappa shape index (κ1) is 15.3. The van der Waals surface area contributed by atoms with Gasteiger partial charge in [-0.25, -0.2) is 0 Å². The van der Waals surface area contributed by atoms with Gasteiger partial charge in [0.25, 0.3) is 0 Å². The second-order valence-corrected chi connectivity index (χ2v) is 6.06. The van der Waals surface area contributed by atoms with Crippen LogP contribution in [0.25, 0.3) is 17.2 Å². The minimum Gasteiger partial charge on any atom is -0.0955 e. The average Bonchev–Trinajstić information content (AvgIpc) is 2.42. The van der Waals surface area contributed by atoms with Crippen LogP contribution in [0.2, 0.25) is 0 Å². The number of benzene rings is 2. The van der Waals surface area contributed by atoms with E-state index in [1.807, 2.05) is 0 Å². The summed E-state index contributed by atoms with van der Waals surface area (Å²) in [6.07, 6.45) is 2.28. The van der Waals surface area contributed by atoms with Crippen LogP contribution in [-0.4, -0.2) is 0 Å². The summed E-state index contributed by atoms with van der Waals surface area (Å²) >= 11 is 0. The number of allylic oxidation sites excluding steroid dienone is 2. The highest BCUT2D eigenvalue weighted by atomic mass is 14.1. The molecule has 21 heavy (non-hydrogen) atoms. The molecule has 0 saturated heterocycles. The first-order valence-corrected chi connectivity index (χ1v) is 7.40. The minimum absolute atomic E-state index is 1.11. The van der Waals surface area contributed by atoms with E-state index in [9.17, 15) is 0 Å². The van der Waals surface area contributed by atoms with Crippen molar-refractivity contribution in [2.75, 3.05) is 0 Å². The fourth-order valence-corrected chi connectivity index (χ4v) is 2.49. The lowest BCUT2D eigenvalue weighted by Gasteiger charge is -2.09. The molecule has 0 bridgehead atoms. The van der Waals surface area contributed by atoms with E-state index in [4.69, 9.17) is 0 Å². The number of aryl methyl sites for hydroxylation is 3. The van der Waals surface area contributed by atoms with Crippen LogP contribution in [0.4, 0.5) is 0 Å². The molecule has 0 amide bonds. The quantitative estimate of drug-likeness (QED) is 0.585. The van der Waals surface area contributed by atoms with Gasteiger partial charge in [0.05, 0.1) is 0 Å². The van der Waals surface area contributed by atoms with Gasteiger partial charge >= 0.3 is 0 Å². The van der Waals surface area contributed by atoms with E-state index < -0.39 is 0 Å². The zero-order chi connectivity index (χ0) is 15.6. The summed E-state index contributed by atoms with van der Waals surface area (Å²) in [7, 11) is 0. The summed E-state index contributed by atoms with van der Waals surface area (Å²) in [5.74, 6) is 0. The Bertz CT molecular complexity index is 715. The van der Waals surface area contributed by atoms with Crippen molar-refractivity contribution in [3.63, 3.8) is 0 Å². The van der Waals surface area contributed by atoms with Gasteiger partial charge in [-0.3, -0.25) is 0 Å². The summed E-state index contributed by atoms with van der Waals surface area (Å²) in [4.78, 5) is 0. The molecule has 0 heterocycles. The smallest absolute Gasteiger partial charge is 0.0218 e. The lowest BCUT2D eigenvalue weighted by Crippen LogP contribution is -1.88. The van der Waals surface area contributed by atoms with Crippen LogP contribution in [0, 0.1) is 20.8 Å². The highest BCUT2D eigenvalue weighted by Crippen LogP contribution is 2.24. The monoisotopic (exact) mass is 276 g/mol. The van der Waals surface area contributed by atoms with Crippen LogP contribution in [0.15, 0.2) is 43.0 Å². The molecule has 0 aliphatic carbocycles. The van der Waals surface area contributed by atoms with Crippen LogP contribution in [0.1, 0.15) is 47.2 Å². The van der Waals surface area contributed by atoms with Gasteiger partial charge in [0.1, 0.15) is 0 Å². The van der Waals surface area contributed by atoms with E-state index in [1.54, 1.807) is 0 Å². The first-order chi connectivity index (χ1) is 9.86. The van der Waals surface area contributed by atoms with Crippen molar-refractivity contribution < 1.29 is 0 Å². The van der Waals surface area contributed by atoms with Crippen LogP contribution in [0.3, 0.4) is 0 Å². The fourth-order valence-electron chi connectivity index (χ4n) is 2.49. The maximum absolute atomic E-state index is 4.06. The number of hydrogen-bond acceptors (Lipinski definition) is 0. The standard InChI is InChI=1S/C21H24/c1-14(2)19-10-16(4)11-21(13-19)18(6)12-20-9-15(3)7-8-17(20)5/h7-13H,1H2,2-6H3/b18-12+. The molecule has 0 nitrogen and oxygen atoms in total. The molecule has 0 aromatic heterocycles. The zero-order valence-electron chi connectivity index (χ0n) is 13.7. The molecule has 0 aliphatic heterocycles. The fraction of sp³-hybridized carbons (Fsp3) is 0.238. The molecule has 0 atom stereocenters. The molecular weight excluding hydrogens is 252 g/mol. The van der Waals surface area contributed by atoms with E-state index in [0.717, 1.165) is 5.57 Å². The molecule has 0 aliphatic rings. The summed E-state index contributed by atoms with van der Waals surface area (Å²) in [5.41, 5.74) is 10.1. The molecule has 0 unspecified atom stereocenters. The SMILES string of the molecule is C=C(C)c1cc(C)cc(/C(C)=C/c2cc(C)ccc2C)c1. The molecule has 0 fully saturated rings. The molecule has 0 N–H and O–H groups in total. The third-order valence-electron chi connectivity index (χ3n) is 3.83. The normalized spacial score (nSPS) is 11.6. The summed E-state index contributed by atoms with van der Waals surface area (Å²) in [6, 6.07) is 13.2. The maximum Gasteiger partial charge on any atom is -0.0218 e. The summed E-state index contributed by atoms with van der Waals surface area (Å²) in [5, 5.41) is 0. The molecule has 0 radical (unpaired) electrons. The molecule has 108 valence electrons. The second kappa shape index (κ2) is 6.13. The van der Waals surface area contributed by atoms with Crippen molar-refractivity contribution in [2.45, 2.75) is 34.6 Å². The number of rotatable bonds is 3. The summed E-state index contributed by atoms with van der Waals surface area (Å²) < 4.78 is 0. The van der Waals surface area contributed by atoms with Gasteiger partial charge in [0.15, 0.2) is 0 Å². The van der Waals surface area contributed by atoms with E-state index in [-0.39, 0.29) is 0 Å². The van der Waals surface area contributed by atoms with Gasteiger partial charge in [-0.05, 0) is 74.1 Å². The van der Waals surface area contributed by atoms with Crippen molar-refractivity contribution in [1.82, 2.24) is 0 Å². The zero-order valence-corrected chi connectivity index (χ0v) is 13.7. The highest BCUT2D eigenvalue weighted by Gasteiger charge is 2.03. The van der Waals surface area contributed by atoms with E-state index in [2.05, 4.69) is 83.7 Å². The maximum atomic E-state index is 4.06. The van der Waals surface area contributed by atoms with E-state index >= 15 is 0 Å². The van der Waals surface area contributed by atoms with Crippen molar-refractivity contribution >= 4 is 17.2 Å². The van der Waals surface area contributed by atoms with Crippen molar-refractivity contribution in [3.05, 3.63) is 76.4 Å². The molecule has 0 saturated carbocycles. The lowest BCUT2D eigenvalue weighted by molar-refractivity contribution is 1.37. The van der Waals surface area contributed by atoms with Crippen molar-refractivity contribution in [3.8, 4) is 0 Å². The third kappa shape index (κ3) is 3.72. The molecule has 0 spiro atoms. The minimum atomic E-state index is 1.11. The Labute approximate surface area is 128 Å². The summed E-state index contributed by atoms with van der Waals surface area (Å²) in [6.45, 7) is 14.7. The van der Waals surface area contributed by atoms with Gasteiger partial charge in [-0.1, -0.05) is 54.1 Å². The Morgan fingerprint density at radius 2 is 1.52 bits per heavy atom. The van der Waals surface area contributed by atoms with Crippen LogP contribution in [-0.2, 0) is 0 Å². The topological polar surface area (TPSA) is 0 Å². The molecule has 0 heteroatoms. The average molecular weight is 276 g/mol. The second-order valence-electron chi connectivity index (χ2n) is 6.06. The molecule has 2 aromatic carbocycles. The molecule has 2 aromatic rings. The van der Waals surface area contributed by atoms with Gasteiger partial charge in [0.2, 0.25) is 0 Å². The Morgan fingerprint density at radius 3 is 2.19 bits per heavy atom. The Hall–Kier alpha value is -2.08. The van der Waals surface area contributed by atoms with Gasteiger partial charge < -0.3 is 0 Å². The van der Waals surface area contributed by atoms with E-state index in [0.29, 0.717) is 0 Å². The van der Waals surface area contributed by atoms with Crippen LogP contribution >= 0.6 is 0 Å². The molecular formula is C21H24. The largest absolute Gasteiger partial charge is 0.0955 e. The molecule has 2 rings (SSSR count). The van der Waals surface area contributed by atoms with Crippen LogP contribution < -0.4 is 0 Å². The predicted octanol–water partition coefficient (Wildman–Crippen LogP) is 6.21. The first-order valence-electron chi connectivity index (χ1n) is 7.40. The van der Waals surface area contributed by atoms with Crippen molar-refractivity contribution in [2.24, 2.45) is 0 Å². The van der Waals surface area contributed by atoms with E-state index in [1.165, 1.54) is 39.0 Å². The van der Waals surface area contributed by atoms with Gasteiger partial charge in [0, 0.05) is 0 Å². The Morgan fingerprint density at radius 1 is 0.857 bits per heavy atom. The third-order valence-corrected chi connectivity index (χ3v) is 3.83.